The van der Waals surface area contributed by atoms with E-state index in [9.17, 15) is 18.5 Å². The van der Waals surface area contributed by atoms with Crippen LogP contribution in [0.5, 0.6) is 0 Å². The molecule has 0 saturated carbocycles. The minimum atomic E-state index is -3.64. The normalized spacial score (nSPS) is 11.5. The molecule has 14 heavy (non-hydrogen) atoms. The van der Waals surface area contributed by atoms with E-state index in [4.69, 9.17) is 0 Å². The molecular formula is C6H9N3O4S. The molecule has 0 unspecified atom stereocenters. The van der Waals surface area contributed by atoms with Gasteiger partial charge in [-0.2, -0.15) is 0 Å². The van der Waals surface area contributed by atoms with E-state index in [-0.39, 0.29) is 5.16 Å². The van der Waals surface area contributed by atoms with Gasteiger partial charge in [-0.25, -0.2) is 13.4 Å². The van der Waals surface area contributed by atoms with Crippen molar-refractivity contribution in [3.05, 3.63) is 22.0 Å². The van der Waals surface area contributed by atoms with E-state index in [1.165, 1.54) is 6.20 Å². The van der Waals surface area contributed by atoms with Crippen LogP contribution >= 0.6 is 0 Å². The maximum atomic E-state index is 11.4. The molecule has 0 radical (unpaired) electrons. The summed E-state index contributed by atoms with van der Waals surface area (Å²) in [5, 5.41) is 9.78. The molecule has 0 bridgehead atoms. The number of sulfone groups is 1. The molecule has 1 rings (SSSR count). The maximum Gasteiger partial charge on any atom is 0.225 e. The summed E-state index contributed by atoms with van der Waals surface area (Å²) in [6, 6.07) is 0. The Hall–Kier alpha value is -1.44. The van der Waals surface area contributed by atoms with Gasteiger partial charge in [-0.05, 0) is 6.92 Å². The van der Waals surface area contributed by atoms with Crippen molar-refractivity contribution in [1.82, 2.24) is 9.97 Å². The fraction of sp³-hybridized carbons (Fsp3) is 0.500. The second kappa shape index (κ2) is 3.74. The summed E-state index contributed by atoms with van der Waals surface area (Å²) < 4.78 is 22.7. The van der Waals surface area contributed by atoms with Crippen molar-refractivity contribution in [2.24, 2.45) is 0 Å². The maximum absolute atomic E-state index is 11.4. The number of aryl methyl sites for hydroxylation is 1. The zero-order valence-corrected chi connectivity index (χ0v) is 8.24. The lowest BCUT2D eigenvalue weighted by Crippen LogP contribution is -2.16. The largest absolute Gasteiger partial charge is 0.333 e. The molecule has 0 amide bonds. The molecule has 7 nitrogen and oxygen atoms in total. The number of H-pyrrole nitrogens is 1. The van der Waals surface area contributed by atoms with Crippen LogP contribution in [0.1, 0.15) is 5.69 Å². The summed E-state index contributed by atoms with van der Waals surface area (Å²) >= 11 is 0. The van der Waals surface area contributed by atoms with Crippen LogP contribution in [0.4, 0.5) is 0 Å². The zero-order chi connectivity index (χ0) is 10.8. The number of rotatable bonds is 4. The highest BCUT2D eigenvalue weighted by atomic mass is 32.2. The lowest BCUT2D eigenvalue weighted by Gasteiger charge is -1.96. The quantitative estimate of drug-likeness (QED) is 0.556. The van der Waals surface area contributed by atoms with Gasteiger partial charge in [-0.1, -0.05) is 0 Å². The Morgan fingerprint density at radius 1 is 1.64 bits per heavy atom. The molecule has 1 N–H and O–H groups in total. The molecule has 0 fully saturated rings. The van der Waals surface area contributed by atoms with Gasteiger partial charge in [-0.3, -0.25) is 10.1 Å². The predicted molar refractivity (Wildman–Crippen MR) is 47.2 cm³/mol. The standard InChI is InChI=1S/C6H9N3O4S/c1-5-4-7-6(8-5)14(12,13)3-2-9(10)11/h4H,2-3H2,1H3,(H,7,8). The van der Waals surface area contributed by atoms with Crippen LogP contribution in [0.15, 0.2) is 11.4 Å². The number of aromatic amines is 1. The molecule has 0 aromatic carbocycles. The predicted octanol–water partition coefficient (Wildman–Crippen LogP) is -0.231. The van der Waals surface area contributed by atoms with Crippen molar-refractivity contribution < 1.29 is 13.3 Å². The minimum absolute atomic E-state index is 0.211. The van der Waals surface area contributed by atoms with E-state index in [0.29, 0.717) is 5.69 Å². The van der Waals surface area contributed by atoms with Crippen LogP contribution < -0.4 is 0 Å². The highest BCUT2D eigenvalue weighted by Gasteiger charge is 2.20. The minimum Gasteiger partial charge on any atom is -0.333 e. The van der Waals surface area contributed by atoms with Crippen LogP contribution in [0.3, 0.4) is 0 Å². The highest BCUT2D eigenvalue weighted by Crippen LogP contribution is 2.05. The Morgan fingerprint density at radius 3 is 2.71 bits per heavy atom. The molecule has 8 heteroatoms. The van der Waals surface area contributed by atoms with Crippen LogP contribution in [-0.4, -0.2) is 35.6 Å². The van der Waals surface area contributed by atoms with Gasteiger partial charge in [0.1, 0.15) is 5.75 Å². The first-order valence-corrected chi connectivity index (χ1v) is 5.43. The average molecular weight is 219 g/mol. The third-order valence-electron chi connectivity index (χ3n) is 1.52. The lowest BCUT2D eigenvalue weighted by atomic mass is 10.6. The highest BCUT2D eigenvalue weighted by molar-refractivity contribution is 7.91. The van der Waals surface area contributed by atoms with Crippen molar-refractivity contribution in [2.75, 3.05) is 12.3 Å². The van der Waals surface area contributed by atoms with E-state index in [1.54, 1.807) is 6.92 Å². The first kappa shape index (κ1) is 10.6. The topological polar surface area (TPSA) is 106 Å². The van der Waals surface area contributed by atoms with Crippen LogP contribution in [0, 0.1) is 17.0 Å². The van der Waals surface area contributed by atoms with Crippen LogP contribution in [0.2, 0.25) is 0 Å². The third-order valence-corrected chi connectivity index (χ3v) is 3.03. The number of aromatic nitrogens is 2. The van der Waals surface area contributed by atoms with Gasteiger partial charge in [0.25, 0.3) is 0 Å². The monoisotopic (exact) mass is 219 g/mol. The average Bonchev–Trinajstić information content (AvgIpc) is 2.49. The van der Waals surface area contributed by atoms with E-state index < -0.39 is 27.1 Å². The fourth-order valence-corrected chi connectivity index (χ4v) is 1.95. The molecule has 0 atom stereocenters. The van der Waals surface area contributed by atoms with Crippen molar-refractivity contribution in [2.45, 2.75) is 12.1 Å². The summed E-state index contributed by atoms with van der Waals surface area (Å²) in [5.41, 5.74) is 0.602. The lowest BCUT2D eigenvalue weighted by molar-refractivity contribution is -0.474. The van der Waals surface area contributed by atoms with E-state index >= 15 is 0 Å². The summed E-state index contributed by atoms with van der Waals surface area (Å²) in [7, 11) is -3.64. The first-order chi connectivity index (χ1) is 6.42. The Morgan fingerprint density at radius 2 is 2.29 bits per heavy atom. The Bertz CT molecular complexity index is 436. The van der Waals surface area contributed by atoms with Crippen LogP contribution in [-0.2, 0) is 9.84 Å². The van der Waals surface area contributed by atoms with Crippen molar-refractivity contribution in [3.63, 3.8) is 0 Å². The smallest absolute Gasteiger partial charge is 0.225 e. The van der Waals surface area contributed by atoms with Gasteiger partial charge in [0.15, 0.2) is 0 Å². The van der Waals surface area contributed by atoms with Gasteiger partial charge in [0.05, 0.1) is 0 Å². The zero-order valence-electron chi connectivity index (χ0n) is 7.43. The van der Waals surface area contributed by atoms with Gasteiger partial charge in [0.2, 0.25) is 21.5 Å². The Balaban J connectivity index is 2.81. The third kappa shape index (κ3) is 2.52. The van der Waals surface area contributed by atoms with E-state index in [2.05, 4.69) is 9.97 Å². The summed E-state index contributed by atoms with van der Waals surface area (Å²) in [4.78, 5) is 15.4. The number of hydrogen-bond acceptors (Lipinski definition) is 5. The molecule has 1 aromatic heterocycles. The summed E-state index contributed by atoms with van der Waals surface area (Å²) in [6.45, 7) is 1.04. The number of nitro groups is 1. The van der Waals surface area contributed by atoms with Crippen molar-refractivity contribution in [1.29, 1.82) is 0 Å². The Labute approximate surface area is 80.2 Å². The number of nitrogens with zero attached hydrogens (tertiary/aromatic N) is 2. The number of imidazole rings is 1. The summed E-state index contributed by atoms with van der Waals surface area (Å²) in [6.07, 6.45) is 1.36. The van der Waals surface area contributed by atoms with Gasteiger partial charge in [-0.15, -0.1) is 0 Å². The molecule has 0 aliphatic heterocycles. The first-order valence-electron chi connectivity index (χ1n) is 3.78. The van der Waals surface area contributed by atoms with Gasteiger partial charge in [0, 0.05) is 16.8 Å². The number of hydrogen-bond donors (Lipinski definition) is 1. The SMILES string of the molecule is Cc1cnc(S(=O)(=O)CC[N+](=O)[O-])[nH]1. The molecule has 1 heterocycles. The molecule has 0 aliphatic carbocycles. The summed E-state index contributed by atoms with van der Waals surface area (Å²) in [5.74, 6) is -0.535. The molecule has 1 aromatic rings. The molecule has 0 aliphatic rings. The molecule has 78 valence electrons. The second-order valence-electron chi connectivity index (χ2n) is 2.75. The Kier molecular flexibility index (Phi) is 2.84. The van der Waals surface area contributed by atoms with Crippen LogP contribution in [0.25, 0.3) is 0 Å². The number of nitrogens with one attached hydrogen (secondary N) is 1. The molecule has 0 spiro atoms. The fourth-order valence-electron chi connectivity index (χ4n) is 0.838. The molecular weight excluding hydrogens is 210 g/mol. The van der Waals surface area contributed by atoms with Gasteiger partial charge >= 0.3 is 0 Å². The second-order valence-corrected chi connectivity index (χ2v) is 4.77. The van der Waals surface area contributed by atoms with E-state index in [0.717, 1.165) is 0 Å². The molecule has 0 saturated heterocycles. The van der Waals surface area contributed by atoms with Crippen molar-refractivity contribution in [3.8, 4) is 0 Å². The van der Waals surface area contributed by atoms with E-state index in [1.807, 2.05) is 0 Å². The van der Waals surface area contributed by atoms with Crippen molar-refractivity contribution >= 4 is 9.84 Å². The van der Waals surface area contributed by atoms with Gasteiger partial charge < -0.3 is 4.98 Å².